The summed E-state index contributed by atoms with van der Waals surface area (Å²) in [5.74, 6) is 0.202. The number of nitrogens with zero attached hydrogens (tertiary/aromatic N) is 4. The minimum atomic E-state index is -0.605. The highest BCUT2D eigenvalue weighted by molar-refractivity contribution is 9.10. The van der Waals surface area contributed by atoms with Gasteiger partial charge in [-0.2, -0.15) is 0 Å². The van der Waals surface area contributed by atoms with Crippen molar-refractivity contribution in [2.75, 3.05) is 12.8 Å². The Hall–Kier alpha value is -3.00. The summed E-state index contributed by atoms with van der Waals surface area (Å²) in [5.41, 5.74) is 10.0. The van der Waals surface area contributed by atoms with Gasteiger partial charge in [-0.05, 0) is 47.6 Å². The van der Waals surface area contributed by atoms with Crippen molar-refractivity contribution in [1.29, 1.82) is 0 Å². The normalized spacial score (nSPS) is 21.6. The molecule has 0 radical (unpaired) electrons. The third-order valence-electron chi connectivity index (χ3n) is 6.45. The molecule has 8 heteroatoms. The van der Waals surface area contributed by atoms with Gasteiger partial charge in [-0.3, -0.25) is 9.20 Å². The third kappa shape index (κ3) is 2.37. The van der Waals surface area contributed by atoms with Crippen LogP contribution in [0.5, 0.6) is 0 Å². The summed E-state index contributed by atoms with van der Waals surface area (Å²) in [5, 5.41) is 0. The Bertz CT molecular complexity index is 1380. The number of carbonyl (C=O) groups excluding carboxylic acids is 1. The Morgan fingerprint density at radius 3 is 2.93 bits per heavy atom. The predicted molar refractivity (Wildman–Crippen MR) is 115 cm³/mol. The molecule has 150 valence electrons. The molecular weight excluding hydrogens is 449 g/mol. The number of hydrogen-bond donors (Lipinski definition) is 1. The standard InChI is InChI=1S/C22H17BrFN5O/c1-28(20-11-3-2-10(23)4-12(11)13-5-14(13)20)22(30)15-6-18-17(7-16(15)24)27-21(25)19-8-26-9-29(18)19/h2-4,6-9,13-14,20H,5H2,1H3,(H2,25,27)/t13-,14-,20+/m1/s1. The maximum absolute atomic E-state index is 15.0. The second kappa shape index (κ2) is 6.01. The number of benzene rings is 2. The van der Waals surface area contributed by atoms with Crippen LogP contribution in [0.25, 0.3) is 16.6 Å². The van der Waals surface area contributed by atoms with E-state index in [-0.39, 0.29) is 23.3 Å². The highest BCUT2D eigenvalue weighted by Gasteiger charge is 2.54. The minimum Gasteiger partial charge on any atom is -0.382 e. The Morgan fingerprint density at radius 1 is 1.27 bits per heavy atom. The number of amides is 1. The molecule has 6 rings (SSSR count). The van der Waals surface area contributed by atoms with Crippen LogP contribution in [0, 0.1) is 11.7 Å². The topological polar surface area (TPSA) is 76.5 Å². The first-order valence-electron chi connectivity index (χ1n) is 9.71. The number of hydrogen-bond acceptors (Lipinski definition) is 4. The van der Waals surface area contributed by atoms with E-state index in [1.54, 1.807) is 34.9 Å². The number of carbonyl (C=O) groups is 1. The molecule has 2 aliphatic rings. The number of halogens is 2. The number of rotatable bonds is 2. The lowest BCUT2D eigenvalue weighted by molar-refractivity contribution is 0.0711. The second-order valence-electron chi connectivity index (χ2n) is 8.11. The summed E-state index contributed by atoms with van der Waals surface area (Å²) < 4.78 is 17.7. The largest absolute Gasteiger partial charge is 0.382 e. The van der Waals surface area contributed by atoms with Crippen LogP contribution in [0.15, 0.2) is 47.3 Å². The maximum Gasteiger partial charge on any atom is 0.257 e. The molecular formula is C22H17BrFN5O. The Balaban J connectivity index is 1.44. The van der Waals surface area contributed by atoms with Gasteiger partial charge < -0.3 is 10.6 Å². The zero-order valence-corrected chi connectivity index (χ0v) is 17.6. The van der Waals surface area contributed by atoms with Gasteiger partial charge in [0.1, 0.15) is 17.2 Å². The maximum atomic E-state index is 15.0. The summed E-state index contributed by atoms with van der Waals surface area (Å²) in [4.78, 5) is 23.4. The van der Waals surface area contributed by atoms with Gasteiger partial charge in [0.15, 0.2) is 0 Å². The molecule has 0 spiro atoms. The quantitative estimate of drug-likeness (QED) is 0.478. The third-order valence-corrected chi connectivity index (χ3v) is 6.94. The van der Waals surface area contributed by atoms with Crippen LogP contribution >= 0.6 is 15.9 Å². The zero-order valence-electron chi connectivity index (χ0n) is 16.0. The summed E-state index contributed by atoms with van der Waals surface area (Å²) >= 11 is 3.54. The fourth-order valence-corrected chi connectivity index (χ4v) is 5.34. The van der Waals surface area contributed by atoms with E-state index in [0.29, 0.717) is 28.4 Å². The van der Waals surface area contributed by atoms with E-state index < -0.39 is 5.82 Å². The lowest BCUT2D eigenvalue weighted by Crippen LogP contribution is -2.32. The van der Waals surface area contributed by atoms with Crippen LogP contribution in [0.4, 0.5) is 10.2 Å². The summed E-state index contributed by atoms with van der Waals surface area (Å²) in [6, 6.07) is 8.98. The van der Waals surface area contributed by atoms with Gasteiger partial charge in [0.05, 0.1) is 35.2 Å². The first-order chi connectivity index (χ1) is 14.4. The first-order valence-corrected chi connectivity index (χ1v) is 10.5. The van der Waals surface area contributed by atoms with Crippen molar-refractivity contribution >= 4 is 44.2 Å². The molecule has 2 aromatic heterocycles. The van der Waals surface area contributed by atoms with Crippen LogP contribution in [0.2, 0.25) is 0 Å². The molecule has 0 bridgehead atoms. The lowest BCUT2D eigenvalue weighted by atomic mass is 10.0. The smallest absolute Gasteiger partial charge is 0.257 e. The molecule has 1 saturated carbocycles. The molecule has 6 nitrogen and oxygen atoms in total. The van der Waals surface area contributed by atoms with Gasteiger partial charge in [0.2, 0.25) is 0 Å². The van der Waals surface area contributed by atoms with E-state index in [2.05, 4.69) is 38.0 Å². The molecule has 0 unspecified atom stereocenters. The van der Waals surface area contributed by atoms with Crippen molar-refractivity contribution in [3.63, 3.8) is 0 Å². The fourth-order valence-electron chi connectivity index (χ4n) is 4.96. The SMILES string of the molecule is CN(C(=O)c1cc2c(cc1F)nc(N)c1cncn12)[C@H]1c2ccc(Br)cc2[C@H]2C[C@H]21. The Kier molecular flexibility index (Phi) is 3.57. The first kappa shape index (κ1) is 17.8. The van der Waals surface area contributed by atoms with E-state index in [1.165, 1.54) is 11.6 Å². The number of nitrogen functional groups attached to an aromatic ring is 1. The highest BCUT2D eigenvalue weighted by Crippen LogP contribution is 2.63. The lowest BCUT2D eigenvalue weighted by Gasteiger charge is -2.28. The van der Waals surface area contributed by atoms with E-state index in [4.69, 9.17) is 5.73 Å². The minimum absolute atomic E-state index is 0.0225. The predicted octanol–water partition coefficient (Wildman–Crippen LogP) is 4.30. The molecule has 0 saturated heterocycles. The monoisotopic (exact) mass is 465 g/mol. The van der Waals surface area contributed by atoms with Crippen molar-refractivity contribution in [3.8, 4) is 0 Å². The number of imidazole rings is 1. The van der Waals surface area contributed by atoms with Gasteiger partial charge in [-0.15, -0.1) is 0 Å². The number of fused-ring (bicyclic) bond motifs is 6. The summed E-state index contributed by atoms with van der Waals surface area (Å²) in [6.07, 6.45) is 4.25. The molecule has 2 aromatic carbocycles. The molecule has 2 heterocycles. The number of anilines is 1. The number of aromatic nitrogens is 3. The van der Waals surface area contributed by atoms with E-state index in [9.17, 15) is 9.18 Å². The van der Waals surface area contributed by atoms with Gasteiger partial charge in [0, 0.05) is 17.6 Å². The van der Waals surface area contributed by atoms with Crippen molar-refractivity contribution < 1.29 is 9.18 Å². The molecule has 1 fully saturated rings. The molecule has 0 aliphatic heterocycles. The van der Waals surface area contributed by atoms with Crippen molar-refractivity contribution in [2.45, 2.75) is 18.4 Å². The zero-order chi connectivity index (χ0) is 20.7. The highest BCUT2D eigenvalue weighted by atomic mass is 79.9. The van der Waals surface area contributed by atoms with Gasteiger partial charge >= 0.3 is 0 Å². The summed E-state index contributed by atoms with van der Waals surface area (Å²) in [7, 11) is 1.76. The molecule has 4 aromatic rings. The van der Waals surface area contributed by atoms with Crippen molar-refractivity contribution in [1.82, 2.24) is 19.3 Å². The van der Waals surface area contributed by atoms with Crippen LogP contribution in [0.3, 0.4) is 0 Å². The van der Waals surface area contributed by atoms with Crippen LogP contribution in [-0.4, -0.2) is 32.2 Å². The molecule has 2 N–H and O–H groups in total. The van der Waals surface area contributed by atoms with E-state index >= 15 is 0 Å². The van der Waals surface area contributed by atoms with Gasteiger partial charge in [-0.1, -0.05) is 22.0 Å². The second-order valence-corrected chi connectivity index (χ2v) is 9.02. The number of nitrogens with two attached hydrogens (primary N) is 1. The van der Waals surface area contributed by atoms with E-state index in [1.807, 2.05) is 6.07 Å². The average molecular weight is 466 g/mol. The summed E-state index contributed by atoms with van der Waals surface area (Å²) in [6.45, 7) is 0. The molecule has 3 atom stereocenters. The van der Waals surface area contributed by atoms with Crippen LogP contribution in [-0.2, 0) is 0 Å². The average Bonchev–Trinajstić information content (AvgIpc) is 3.20. The van der Waals surface area contributed by atoms with Gasteiger partial charge in [-0.25, -0.2) is 14.4 Å². The molecule has 1 amide bonds. The van der Waals surface area contributed by atoms with Gasteiger partial charge in [0.25, 0.3) is 5.91 Å². The van der Waals surface area contributed by atoms with Crippen LogP contribution < -0.4 is 5.73 Å². The Labute approximate surface area is 179 Å². The molecule has 30 heavy (non-hydrogen) atoms. The Morgan fingerprint density at radius 2 is 2.10 bits per heavy atom. The van der Waals surface area contributed by atoms with E-state index in [0.717, 1.165) is 16.5 Å². The van der Waals surface area contributed by atoms with Crippen molar-refractivity contribution in [3.05, 3.63) is 69.8 Å². The molecule has 2 aliphatic carbocycles. The fraction of sp³-hybridized carbons (Fsp3) is 0.227. The van der Waals surface area contributed by atoms with Crippen LogP contribution in [0.1, 0.15) is 39.9 Å². The van der Waals surface area contributed by atoms with Crippen molar-refractivity contribution in [2.24, 2.45) is 5.92 Å².